The van der Waals surface area contributed by atoms with Gasteiger partial charge in [-0.3, -0.25) is 4.79 Å². The van der Waals surface area contributed by atoms with E-state index in [-0.39, 0.29) is 5.91 Å². The van der Waals surface area contributed by atoms with Crippen molar-refractivity contribution in [1.29, 1.82) is 0 Å². The molecule has 0 saturated heterocycles. The van der Waals surface area contributed by atoms with Crippen molar-refractivity contribution in [2.24, 2.45) is 0 Å². The van der Waals surface area contributed by atoms with Crippen LogP contribution in [-0.2, 0) is 0 Å². The number of hydrogen-bond donors (Lipinski definition) is 2. The summed E-state index contributed by atoms with van der Waals surface area (Å²) in [6, 6.07) is 23.3. The smallest absolute Gasteiger partial charge is 0.255 e. The Bertz CT molecular complexity index is 1050. The fourth-order valence-electron chi connectivity index (χ4n) is 2.92. The number of amides is 1. The van der Waals surface area contributed by atoms with Crippen molar-refractivity contribution in [3.63, 3.8) is 0 Å². The van der Waals surface area contributed by atoms with Crippen LogP contribution in [0.5, 0.6) is 0 Å². The van der Waals surface area contributed by atoms with E-state index in [2.05, 4.69) is 32.3 Å². The fourth-order valence-corrected chi connectivity index (χ4v) is 3.18. The zero-order chi connectivity index (χ0) is 17.2. The van der Waals surface area contributed by atoms with E-state index in [1.165, 1.54) is 0 Å². The third-order valence-electron chi connectivity index (χ3n) is 4.16. The highest BCUT2D eigenvalue weighted by Crippen LogP contribution is 2.33. The maximum absolute atomic E-state index is 12.6. The standard InChI is InChI=1S/C21H15BrN2O/c22-15-11-9-14(10-12-15)21(25)24-20-8-4-2-6-17(20)18-13-23-19-7-3-1-5-16(18)19/h1-13,23H,(H,24,25). The van der Waals surface area contributed by atoms with Gasteiger partial charge in [0.05, 0.1) is 0 Å². The third-order valence-corrected chi connectivity index (χ3v) is 4.69. The van der Waals surface area contributed by atoms with Gasteiger partial charge in [0.2, 0.25) is 0 Å². The molecule has 25 heavy (non-hydrogen) atoms. The minimum absolute atomic E-state index is 0.125. The van der Waals surface area contributed by atoms with Crippen LogP contribution in [0.15, 0.2) is 83.5 Å². The van der Waals surface area contributed by atoms with E-state index >= 15 is 0 Å². The van der Waals surface area contributed by atoms with Crippen LogP contribution in [0.3, 0.4) is 0 Å². The number of para-hydroxylation sites is 2. The number of H-pyrrole nitrogens is 1. The molecule has 122 valence electrons. The number of carbonyl (C=O) groups excluding carboxylic acids is 1. The highest BCUT2D eigenvalue weighted by atomic mass is 79.9. The van der Waals surface area contributed by atoms with Gasteiger partial charge in [0.25, 0.3) is 5.91 Å². The van der Waals surface area contributed by atoms with Gasteiger partial charge in [0.1, 0.15) is 0 Å². The quantitative estimate of drug-likeness (QED) is 0.452. The van der Waals surface area contributed by atoms with Gasteiger partial charge in [-0.1, -0.05) is 52.3 Å². The second-order valence-electron chi connectivity index (χ2n) is 5.75. The van der Waals surface area contributed by atoms with Gasteiger partial charge in [0, 0.05) is 44.0 Å². The molecule has 0 aliphatic heterocycles. The van der Waals surface area contributed by atoms with Gasteiger partial charge in [-0.2, -0.15) is 0 Å². The number of aromatic nitrogens is 1. The Morgan fingerprint density at radius 3 is 2.40 bits per heavy atom. The molecule has 2 N–H and O–H groups in total. The van der Waals surface area contributed by atoms with E-state index in [1.54, 1.807) is 12.1 Å². The van der Waals surface area contributed by atoms with E-state index in [0.717, 1.165) is 32.2 Å². The Kier molecular flexibility index (Phi) is 4.12. The molecular weight excluding hydrogens is 376 g/mol. The summed E-state index contributed by atoms with van der Waals surface area (Å²) in [7, 11) is 0. The van der Waals surface area contributed by atoms with Crippen LogP contribution >= 0.6 is 15.9 Å². The summed E-state index contributed by atoms with van der Waals surface area (Å²) in [5, 5.41) is 4.16. The number of benzene rings is 3. The first-order valence-corrected chi connectivity index (χ1v) is 8.74. The van der Waals surface area contributed by atoms with E-state index < -0.39 is 0 Å². The monoisotopic (exact) mass is 390 g/mol. The summed E-state index contributed by atoms with van der Waals surface area (Å²) in [6.45, 7) is 0. The molecule has 0 unspecified atom stereocenters. The summed E-state index contributed by atoms with van der Waals surface area (Å²) < 4.78 is 0.947. The molecule has 0 atom stereocenters. The van der Waals surface area contributed by atoms with Gasteiger partial charge in [0.15, 0.2) is 0 Å². The topological polar surface area (TPSA) is 44.9 Å². The molecule has 0 fully saturated rings. The lowest BCUT2D eigenvalue weighted by Crippen LogP contribution is -2.12. The highest BCUT2D eigenvalue weighted by Gasteiger charge is 2.12. The van der Waals surface area contributed by atoms with Crippen molar-refractivity contribution < 1.29 is 4.79 Å². The molecule has 4 rings (SSSR count). The first-order chi connectivity index (χ1) is 12.2. The lowest BCUT2D eigenvalue weighted by Gasteiger charge is -2.11. The number of aromatic amines is 1. The lowest BCUT2D eigenvalue weighted by atomic mass is 10.0. The first kappa shape index (κ1) is 15.7. The van der Waals surface area contributed by atoms with Gasteiger partial charge < -0.3 is 10.3 Å². The third kappa shape index (κ3) is 3.08. The molecule has 0 aliphatic rings. The molecule has 0 radical (unpaired) electrons. The van der Waals surface area contributed by atoms with Crippen LogP contribution in [-0.4, -0.2) is 10.9 Å². The Morgan fingerprint density at radius 1 is 0.840 bits per heavy atom. The number of nitrogens with one attached hydrogen (secondary N) is 2. The molecule has 3 aromatic carbocycles. The van der Waals surface area contributed by atoms with E-state index in [4.69, 9.17) is 0 Å². The summed E-state index contributed by atoms with van der Waals surface area (Å²) in [5.74, 6) is -0.125. The minimum atomic E-state index is -0.125. The number of rotatable bonds is 3. The molecule has 4 aromatic rings. The number of carbonyl (C=O) groups is 1. The fraction of sp³-hybridized carbons (Fsp3) is 0. The van der Waals surface area contributed by atoms with Crippen LogP contribution in [0, 0.1) is 0 Å². The molecule has 3 nitrogen and oxygen atoms in total. The maximum atomic E-state index is 12.6. The SMILES string of the molecule is O=C(Nc1ccccc1-c1c[nH]c2ccccc12)c1ccc(Br)cc1. The number of anilines is 1. The van der Waals surface area contributed by atoms with Crippen molar-refractivity contribution in [3.05, 3.63) is 89.0 Å². The van der Waals surface area contributed by atoms with Crippen molar-refractivity contribution in [2.45, 2.75) is 0 Å². The second-order valence-corrected chi connectivity index (χ2v) is 6.67. The van der Waals surface area contributed by atoms with Crippen LogP contribution in [0.1, 0.15) is 10.4 Å². The molecular formula is C21H15BrN2O. The van der Waals surface area contributed by atoms with E-state index in [9.17, 15) is 4.79 Å². The van der Waals surface area contributed by atoms with Gasteiger partial charge >= 0.3 is 0 Å². The van der Waals surface area contributed by atoms with Crippen molar-refractivity contribution in [2.75, 3.05) is 5.32 Å². The van der Waals surface area contributed by atoms with Gasteiger partial charge in [-0.25, -0.2) is 0 Å². The Balaban J connectivity index is 1.72. The predicted molar refractivity (Wildman–Crippen MR) is 106 cm³/mol. The average Bonchev–Trinajstić information content (AvgIpc) is 3.07. The maximum Gasteiger partial charge on any atom is 0.255 e. The Hall–Kier alpha value is -2.85. The Labute approximate surface area is 153 Å². The number of fused-ring (bicyclic) bond motifs is 1. The minimum Gasteiger partial charge on any atom is -0.361 e. The van der Waals surface area contributed by atoms with E-state index in [1.807, 2.05) is 60.8 Å². The van der Waals surface area contributed by atoms with Crippen molar-refractivity contribution in [3.8, 4) is 11.1 Å². The van der Waals surface area contributed by atoms with Gasteiger partial charge in [-0.15, -0.1) is 0 Å². The summed E-state index contributed by atoms with van der Waals surface area (Å²) in [6.07, 6.45) is 1.98. The highest BCUT2D eigenvalue weighted by molar-refractivity contribution is 9.10. The van der Waals surface area contributed by atoms with Crippen LogP contribution in [0.25, 0.3) is 22.0 Å². The second kappa shape index (κ2) is 6.57. The zero-order valence-electron chi connectivity index (χ0n) is 13.3. The van der Waals surface area contributed by atoms with Crippen LogP contribution in [0.2, 0.25) is 0 Å². The van der Waals surface area contributed by atoms with E-state index in [0.29, 0.717) is 5.56 Å². The molecule has 0 aliphatic carbocycles. The largest absolute Gasteiger partial charge is 0.361 e. The number of hydrogen-bond acceptors (Lipinski definition) is 1. The Morgan fingerprint density at radius 2 is 1.56 bits per heavy atom. The average molecular weight is 391 g/mol. The summed E-state index contributed by atoms with van der Waals surface area (Å²) in [4.78, 5) is 15.9. The normalized spacial score (nSPS) is 10.8. The lowest BCUT2D eigenvalue weighted by molar-refractivity contribution is 0.102. The van der Waals surface area contributed by atoms with Gasteiger partial charge in [-0.05, 0) is 36.4 Å². The van der Waals surface area contributed by atoms with Crippen LogP contribution < -0.4 is 5.32 Å². The predicted octanol–water partition coefficient (Wildman–Crippen LogP) is 5.85. The molecule has 4 heteroatoms. The molecule has 1 amide bonds. The molecule has 1 heterocycles. The molecule has 0 bridgehead atoms. The summed E-state index contributed by atoms with van der Waals surface area (Å²) in [5.41, 5.74) is 4.55. The van der Waals surface area contributed by atoms with Crippen molar-refractivity contribution >= 4 is 38.4 Å². The summed E-state index contributed by atoms with van der Waals surface area (Å²) >= 11 is 3.39. The first-order valence-electron chi connectivity index (χ1n) is 7.95. The zero-order valence-corrected chi connectivity index (χ0v) is 14.9. The molecule has 0 saturated carbocycles. The molecule has 0 spiro atoms. The molecule has 1 aromatic heterocycles. The van der Waals surface area contributed by atoms with Crippen LogP contribution in [0.4, 0.5) is 5.69 Å². The number of halogens is 1. The van der Waals surface area contributed by atoms with Crippen molar-refractivity contribution in [1.82, 2.24) is 4.98 Å².